The van der Waals surface area contributed by atoms with E-state index in [4.69, 9.17) is 38.3 Å². The van der Waals surface area contributed by atoms with Gasteiger partial charge in [-0.1, -0.05) is 33.8 Å². The largest absolute Gasteiger partial charge is 0.480 e. The van der Waals surface area contributed by atoms with Crippen LogP contribution in [0.2, 0.25) is 0 Å². The first-order valence-electron chi connectivity index (χ1n) is 14.7. The van der Waals surface area contributed by atoms with E-state index in [1.165, 1.54) is 6.34 Å². The van der Waals surface area contributed by atoms with Crippen molar-refractivity contribution in [2.75, 3.05) is 20.2 Å². The molecule has 0 bridgehead atoms. The summed E-state index contributed by atoms with van der Waals surface area (Å²) in [5, 5.41) is 17.4. The van der Waals surface area contributed by atoms with Crippen molar-refractivity contribution in [3.05, 3.63) is 11.8 Å². The molecule has 2 unspecified atom stereocenters. The highest BCUT2D eigenvalue weighted by Gasteiger charge is 2.60. The minimum atomic E-state index is -4.60. The second-order valence-corrected chi connectivity index (χ2v) is 14.5. The summed E-state index contributed by atoms with van der Waals surface area (Å²) in [6.07, 6.45) is -0.329. The van der Waals surface area contributed by atoms with Crippen LogP contribution in [0.4, 0.5) is 0 Å². The highest BCUT2D eigenvalue weighted by atomic mass is 31.2. The van der Waals surface area contributed by atoms with Crippen LogP contribution >= 0.6 is 7.82 Å². The number of hydrazone groups is 1. The van der Waals surface area contributed by atoms with Crippen LogP contribution in [0, 0.1) is 17.3 Å². The zero-order valence-electron chi connectivity index (χ0n) is 27.0. The number of rotatable bonds is 14. The molecule has 0 amide bonds. The molecule has 0 aromatic carbocycles. The number of nitrogens with two attached hydrogens (primary N) is 1. The number of phosphoric acid groups is 1. The fourth-order valence-electron chi connectivity index (χ4n) is 4.66. The second-order valence-electron chi connectivity index (χ2n) is 12.8. The van der Waals surface area contributed by atoms with E-state index in [0.717, 1.165) is 0 Å². The third-order valence-corrected chi connectivity index (χ3v) is 8.49. The fraction of sp³-hybridized carbons (Fsp3) is 0.750. The summed E-state index contributed by atoms with van der Waals surface area (Å²) in [5.41, 5.74) is 4.28. The number of aliphatic hydroxyl groups is 1. The number of amidine groups is 1. The van der Waals surface area contributed by atoms with Crippen molar-refractivity contribution in [2.45, 2.75) is 98.2 Å². The number of carbonyl (C=O) groups excluding carboxylic acids is 3. The molecule has 17 heteroatoms. The predicted molar refractivity (Wildman–Crippen MR) is 159 cm³/mol. The zero-order valence-corrected chi connectivity index (χ0v) is 27.9. The normalized spacial score (nSPS) is 27.6. The molecule has 0 aromatic rings. The number of hydrogen-bond donors (Lipinski definition) is 2. The number of esters is 3. The number of ether oxygens (including phenoxy) is 4. The highest BCUT2D eigenvalue weighted by Crippen LogP contribution is 2.51. The van der Waals surface area contributed by atoms with Crippen molar-refractivity contribution < 1.29 is 56.6 Å². The van der Waals surface area contributed by atoms with Crippen molar-refractivity contribution >= 4 is 37.9 Å². The number of phosphoric ester groups is 1. The lowest BCUT2D eigenvalue weighted by Gasteiger charge is -2.39. The average Bonchev–Trinajstić information content (AvgIpc) is 3.48. The molecule has 6 atom stereocenters. The van der Waals surface area contributed by atoms with Crippen LogP contribution in [0.25, 0.3) is 0 Å². The molecule has 3 aliphatic rings. The lowest BCUT2D eigenvalue weighted by atomic mass is 9.87. The van der Waals surface area contributed by atoms with Gasteiger partial charge in [0.1, 0.15) is 24.1 Å². The lowest BCUT2D eigenvalue weighted by Crippen LogP contribution is -2.55. The Bertz CT molecular complexity index is 1250. The molecule has 254 valence electrons. The molecular weight excluding hydrogens is 615 g/mol. The summed E-state index contributed by atoms with van der Waals surface area (Å²) < 4.78 is 51.6. The third-order valence-electron chi connectivity index (χ3n) is 7.18. The van der Waals surface area contributed by atoms with Gasteiger partial charge in [0.25, 0.3) is 0 Å². The van der Waals surface area contributed by atoms with Gasteiger partial charge < -0.3 is 29.8 Å². The van der Waals surface area contributed by atoms with E-state index in [-0.39, 0.29) is 18.2 Å². The molecule has 0 spiro atoms. The van der Waals surface area contributed by atoms with Gasteiger partial charge in [-0.05, 0) is 40.0 Å². The Balaban J connectivity index is 1.81. The molecule has 0 radical (unpaired) electrons. The first-order chi connectivity index (χ1) is 20.9. The number of nitrogens with zero attached hydrogens (tertiary/aromatic N) is 3. The third kappa shape index (κ3) is 9.11. The molecule has 1 fully saturated rings. The van der Waals surface area contributed by atoms with Crippen molar-refractivity contribution in [3.63, 3.8) is 0 Å². The first-order valence-corrected chi connectivity index (χ1v) is 16.1. The van der Waals surface area contributed by atoms with E-state index >= 15 is 0 Å². The molecular formula is C28H45N4O12P. The van der Waals surface area contributed by atoms with Crippen LogP contribution in [0.15, 0.2) is 21.9 Å². The molecule has 16 nitrogen and oxygen atoms in total. The van der Waals surface area contributed by atoms with Gasteiger partial charge in [0.2, 0.25) is 13.6 Å². The van der Waals surface area contributed by atoms with E-state index in [1.807, 2.05) is 13.8 Å². The minimum absolute atomic E-state index is 0.0315. The van der Waals surface area contributed by atoms with Gasteiger partial charge in [-0.3, -0.25) is 23.9 Å². The summed E-state index contributed by atoms with van der Waals surface area (Å²) in [4.78, 5) is 40.9. The van der Waals surface area contributed by atoms with Gasteiger partial charge in [-0.15, -0.1) is 0 Å². The maximum atomic E-state index is 13.6. The fourth-order valence-corrected chi connectivity index (χ4v) is 5.58. The Morgan fingerprint density at radius 3 is 2.40 bits per heavy atom. The summed E-state index contributed by atoms with van der Waals surface area (Å²) in [6, 6.07) is -0.587. The van der Waals surface area contributed by atoms with Gasteiger partial charge in [-0.25, -0.2) is 18.6 Å². The Morgan fingerprint density at radius 2 is 1.80 bits per heavy atom. The first kappa shape index (κ1) is 36.6. The van der Waals surface area contributed by atoms with E-state index in [0.29, 0.717) is 12.1 Å². The quantitative estimate of drug-likeness (QED) is 0.119. The van der Waals surface area contributed by atoms with Crippen molar-refractivity contribution in [1.29, 1.82) is 0 Å². The summed E-state index contributed by atoms with van der Waals surface area (Å²) in [5.74, 6) is -2.15. The molecule has 0 saturated carbocycles. The Morgan fingerprint density at radius 1 is 1.16 bits per heavy atom. The van der Waals surface area contributed by atoms with Crippen LogP contribution in [-0.4, -0.2) is 90.3 Å². The predicted octanol–water partition coefficient (Wildman–Crippen LogP) is 2.60. The van der Waals surface area contributed by atoms with Gasteiger partial charge in [0.15, 0.2) is 11.9 Å². The highest BCUT2D eigenvalue weighted by molar-refractivity contribution is 7.48. The van der Waals surface area contributed by atoms with Crippen molar-refractivity contribution in [3.8, 4) is 0 Å². The molecule has 3 N–H and O–H groups in total. The SMILES string of the molecule is CC(C)CC(=O)O[C@H]1[C@@H](O)[C@](C)(C2CC=C3C(N)=NC=NN32)O[C@@H]1COP(=O)(OCOC(=O)C(C)C)OCOC(=O)C(C)(C)C. The molecule has 0 aromatic heterocycles. The van der Waals surface area contributed by atoms with E-state index < -0.39 is 87.2 Å². The molecule has 0 aliphatic carbocycles. The van der Waals surface area contributed by atoms with Crippen LogP contribution in [0.3, 0.4) is 0 Å². The van der Waals surface area contributed by atoms with Crippen molar-refractivity contribution in [2.24, 2.45) is 33.1 Å². The van der Waals surface area contributed by atoms with E-state index in [1.54, 1.807) is 52.6 Å². The second kappa shape index (κ2) is 14.7. The number of carbonyl (C=O) groups is 3. The van der Waals surface area contributed by atoms with Gasteiger partial charge >= 0.3 is 25.7 Å². The lowest BCUT2D eigenvalue weighted by molar-refractivity contribution is -0.162. The summed E-state index contributed by atoms with van der Waals surface area (Å²) in [7, 11) is -4.60. The smallest absolute Gasteiger partial charge is 0.457 e. The molecule has 3 aliphatic heterocycles. The average molecular weight is 661 g/mol. The Hall–Kier alpha value is -2.88. The van der Waals surface area contributed by atoms with Crippen molar-refractivity contribution in [1.82, 2.24) is 5.01 Å². The zero-order chi connectivity index (χ0) is 33.7. The number of hydrogen-bond acceptors (Lipinski definition) is 16. The molecule has 3 heterocycles. The van der Waals surface area contributed by atoms with E-state index in [9.17, 15) is 24.1 Å². The topological polar surface area (TPSA) is 207 Å². The van der Waals surface area contributed by atoms with Crippen LogP contribution in [-0.2, 0) is 51.5 Å². The van der Waals surface area contributed by atoms with Crippen LogP contribution in [0.5, 0.6) is 0 Å². The summed E-state index contributed by atoms with van der Waals surface area (Å²) >= 11 is 0. The maximum absolute atomic E-state index is 13.6. The van der Waals surface area contributed by atoms with E-state index in [2.05, 4.69) is 10.1 Å². The maximum Gasteiger partial charge on any atom is 0.480 e. The Labute approximate surface area is 262 Å². The van der Waals surface area contributed by atoms with Gasteiger partial charge in [-0.2, -0.15) is 5.10 Å². The molecule has 45 heavy (non-hydrogen) atoms. The Kier molecular flexibility index (Phi) is 11.9. The summed E-state index contributed by atoms with van der Waals surface area (Å²) in [6.45, 7) is 11.2. The van der Waals surface area contributed by atoms with Gasteiger partial charge in [0, 0.05) is 6.42 Å². The monoisotopic (exact) mass is 660 g/mol. The minimum Gasteiger partial charge on any atom is -0.457 e. The molecule has 3 rings (SSSR count). The number of aliphatic imine (C=N–C) groups is 1. The molecule has 1 saturated heterocycles. The number of aliphatic hydroxyl groups excluding tert-OH is 1. The van der Waals surface area contributed by atoms with Crippen LogP contribution < -0.4 is 5.73 Å². The standard InChI is InChI=1S/C28H45N4O12P/c1-16(2)11-21(33)43-22-19(44-28(8,23(22)34)20-10-9-18-24(29)30-13-31-32(18)20)12-40-45(37,41-14-38-25(35)17(3)4)42-15-39-26(36)27(5,6)7/h9,13,16-17,19-20,22-23,34H,10-12,14-15H2,1-8H3,(H2,29,30,31)/t19-,20?,22-,23-,28+,45?/m1/s1. The number of fused-ring (bicyclic) bond motifs is 1. The van der Waals surface area contributed by atoms with Crippen LogP contribution in [0.1, 0.15) is 68.2 Å². The van der Waals surface area contributed by atoms with Gasteiger partial charge in [0.05, 0.1) is 29.7 Å².